The number of rotatable bonds is 1. The van der Waals surface area contributed by atoms with E-state index in [-0.39, 0.29) is 5.82 Å². The average molecular weight is 233 g/mol. The molecule has 0 bridgehead atoms. The van der Waals surface area contributed by atoms with Gasteiger partial charge in [-0.3, -0.25) is 0 Å². The standard InChI is InChI=1S/C13H16FN3/c14-10-2-1-3-11-12(10)17-13(16-11)8-4-6-9(15)7-5-8/h1-3,8-9H,4-7,15H2,(H,16,17). The molecule has 3 nitrogen and oxygen atoms in total. The van der Waals surface area contributed by atoms with Gasteiger partial charge in [-0.05, 0) is 37.8 Å². The first-order valence-electron chi connectivity index (χ1n) is 6.14. The van der Waals surface area contributed by atoms with E-state index in [0.29, 0.717) is 17.5 Å². The van der Waals surface area contributed by atoms with Crippen LogP contribution < -0.4 is 5.73 Å². The van der Waals surface area contributed by atoms with Gasteiger partial charge in [0, 0.05) is 12.0 Å². The molecule has 0 aliphatic heterocycles. The lowest BCUT2D eigenvalue weighted by Gasteiger charge is -2.24. The highest BCUT2D eigenvalue weighted by Crippen LogP contribution is 2.31. The number of nitrogens with zero attached hydrogens (tertiary/aromatic N) is 1. The number of nitrogens with two attached hydrogens (primary N) is 1. The first-order valence-corrected chi connectivity index (χ1v) is 6.14. The molecule has 1 aromatic carbocycles. The van der Waals surface area contributed by atoms with E-state index >= 15 is 0 Å². The molecule has 0 saturated heterocycles. The highest BCUT2D eigenvalue weighted by atomic mass is 19.1. The van der Waals surface area contributed by atoms with Crippen LogP contribution in [-0.4, -0.2) is 16.0 Å². The number of nitrogens with one attached hydrogen (secondary N) is 1. The first-order chi connectivity index (χ1) is 8.24. The predicted octanol–water partition coefficient (Wildman–Crippen LogP) is 2.69. The van der Waals surface area contributed by atoms with Crippen LogP contribution in [0.2, 0.25) is 0 Å². The molecular weight excluding hydrogens is 217 g/mol. The Morgan fingerprint density at radius 3 is 2.71 bits per heavy atom. The van der Waals surface area contributed by atoms with Gasteiger partial charge in [0.25, 0.3) is 0 Å². The highest BCUT2D eigenvalue weighted by Gasteiger charge is 2.22. The van der Waals surface area contributed by atoms with Gasteiger partial charge in [-0.2, -0.15) is 0 Å². The average Bonchev–Trinajstić information content (AvgIpc) is 2.75. The molecule has 0 radical (unpaired) electrons. The monoisotopic (exact) mass is 233 g/mol. The van der Waals surface area contributed by atoms with Gasteiger partial charge in [0.2, 0.25) is 0 Å². The minimum atomic E-state index is -0.252. The summed E-state index contributed by atoms with van der Waals surface area (Å²) in [5.41, 5.74) is 7.13. The fraction of sp³-hybridized carbons (Fsp3) is 0.462. The topological polar surface area (TPSA) is 54.7 Å². The van der Waals surface area contributed by atoms with Crippen molar-refractivity contribution >= 4 is 11.0 Å². The predicted molar refractivity (Wildman–Crippen MR) is 65.2 cm³/mol. The summed E-state index contributed by atoms with van der Waals surface area (Å²) in [6, 6.07) is 5.34. The second kappa shape index (κ2) is 4.11. The molecule has 3 rings (SSSR count). The summed E-state index contributed by atoms with van der Waals surface area (Å²) in [6.07, 6.45) is 4.15. The second-order valence-corrected chi connectivity index (χ2v) is 4.87. The molecule has 1 heterocycles. The molecule has 1 saturated carbocycles. The number of H-pyrrole nitrogens is 1. The maximum Gasteiger partial charge on any atom is 0.151 e. The Kier molecular flexibility index (Phi) is 2.59. The van der Waals surface area contributed by atoms with Crippen molar-refractivity contribution in [1.82, 2.24) is 9.97 Å². The maximum absolute atomic E-state index is 13.5. The van der Waals surface area contributed by atoms with Crippen LogP contribution in [0.15, 0.2) is 18.2 Å². The van der Waals surface area contributed by atoms with Crippen molar-refractivity contribution in [3.8, 4) is 0 Å². The molecule has 90 valence electrons. The molecule has 0 unspecified atom stereocenters. The van der Waals surface area contributed by atoms with Gasteiger partial charge >= 0.3 is 0 Å². The lowest BCUT2D eigenvalue weighted by Crippen LogP contribution is -2.26. The van der Waals surface area contributed by atoms with Gasteiger partial charge < -0.3 is 10.7 Å². The van der Waals surface area contributed by atoms with Crippen LogP contribution in [0.5, 0.6) is 0 Å². The molecule has 0 atom stereocenters. The Bertz CT molecular complexity index is 526. The number of imidazole rings is 1. The molecule has 0 spiro atoms. The number of aromatic nitrogens is 2. The van der Waals surface area contributed by atoms with Gasteiger partial charge in [0.15, 0.2) is 5.82 Å². The summed E-state index contributed by atoms with van der Waals surface area (Å²) in [7, 11) is 0. The first kappa shape index (κ1) is 10.7. The minimum absolute atomic E-state index is 0.252. The lowest BCUT2D eigenvalue weighted by atomic mass is 9.86. The summed E-state index contributed by atoms with van der Waals surface area (Å²) in [5.74, 6) is 1.07. The molecule has 0 amide bonds. The van der Waals surface area contributed by atoms with Gasteiger partial charge in [0.1, 0.15) is 11.3 Å². The van der Waals surface area contributed by atoms with Crippen molar-refractivity contribution in [2.75, 3.05) is 0 Å². The largest absolute Gasteiger partial charge is 0.342 e. The van der Waals surface area contributed by atoms with Crippen LogP contribution in [0, 0.1) is 5.82 Å². The number of benzene rings is 1. The van der Waals surface area contributed by atoms with Crippen molar-refractivity contribution in [2.45, 2.75) is 37.6 Å². The van der Waals surface area contributed by atoms with Gasteiger partial charge in [-0.25, -0.2) is 9.37 Å². The molecule has 3 N–H and O–H groups in total. The molecule has 1 fully saturated rings. The molecule has 2 aromatic rings. The summed E-state index contributed by atoms with van der Waals surface area (Å²) in [5, 5.41) is 0. The Morgan fingerprint density at radius 2 is 2.00 bits per heavy atom. The normalized spacial score (nSPS) is 25.3. The summed E-state index contributed by atoms with van der Waals surface area (Å²) < 4.78 is 13.5. The Morgan fingerprint density at radius 1 is 1.24 bits per heavy atom. The number of para-hydroxylation sites is 1. The van der Waals surface area contributed by atoms with Crippen molar-refractivity contribution in [3.05, 3.63) is 29.8 Å². The van der Waals surface area contributed by atoms with Crippen LogP contribution in [0.4, 0.5) is 4.39 Å². The SMILES string of the molecule is NC1CCC(c2nc3c(F)cccc3[nH]2)CC1. The molecule has 1 aliphatic carbocycles. The molecule has 1 aliphatic rings. The molecule has 17 heavy (non-hydrogen) atoms. The van der Waals surface area contributed by atoms with E-state index < -0.39 is 0 Å². The Hall–Kier alpha value is -1.42. The minimum Gasteiger partial charge on any atom is -0.342 e. The third-order valence-corrected chi connectivity index (χ3v) is 3.64. The number of hydrogen-bond acceptors (Lipinski definition) is 2. The Labute approximate surface area is 99.2 Å². The third-order valence-electron chi connectivity index (χ3n) is 3.64. The molecule has 1 aromatic heterocycles. The summed E-state index contributed by atoms with van der Waals surface area (Å²) in [4.78, 5) is 7.62. The fourth-order valence-electron chi connectivity index (χ4n) is 2.60. The lowest BCUT2D eigenvalue weighted by molar-refractivity contribution is 0.386. The van der Waals surface area contributed by atoms with Gasteiger partial charge in [0.05, 0.1) is 5.52 Å². The maximum atomic E-state index is 13.5. The van der Waals surface area contributed by atoms with E-state index in [1.165, 1.54) is 6.07 Å². The van der Waals surface area contributed by atoms with E-state index in [2.05, 4.69) is 9.97 Å². The number of fused-ring (bicyclic) bond motifs is 1. The van der Waals surface area contributed by atoms with Crippen LogP contribution in [0.1, 0.15) is 37.4 Å². The van der Waals surface area contributed by atoms with Crippen molar-refractivity contribution < 1.29 is 4.39 Å². The molecule has 4 heteroatoms. The Balaban J connectivity index is 1.93. The van der Waals surface area contributed by atoms with E-state index in [1.807, 2.05) is 6.07 Å². The van der Waals surface area contributed by atoms with Crippen molar-refractivity contribution in [3.63, 3.8) is 0 Å². The zero-order chi connectivity index (χ0) is 11.8. The quantitative estimate of drug-likeness (QED) is 0.795. The van der Waals surface area contributed by atoms with Crippen molar-refractivity contribution in [1.29, 1.82) is 0 Å². The van der Waals surface area contributed by atoms with E-state index in [4.69, 9.17) is 5.73 Å². The van der Waals surface area contributed by atoms with Crippen LogP contribution in [0.3, 0.4) is 0 Å². The highest BCUT2D eigenvalue weighted by molar-refractivity contribution is 5.75. The number of aromatic amines is 1. The zero-order valence-corrected chi connectivity index (χ0v) is 9.62. The van der Waals surface area contributed by atoms with Gasteiger partial charge in [-0.15, -0.1) is 0 Å². The number of hydrogen-bond donors (Lipinski definition) is 2. The second-order valence-electron chi connectivity index (χ2n) is 4.87. The van der Waals surface area contributed by atoms with Crippen LogP contribution >= 0.6 is 0 Å². The summed E-state index contributed by atoms with van der Waals surface area (Å²) >= 11 is 0. The van der Waals surface area contributed by atoms with Crippen LogP contribution in [0.25, 0.3) is 11.0 Å². The van der Waals surface area contributed by atoms with Crippen molar-refractivity contribution in [2.24, 2.45) is 5.73 Å². The molecular formula is C13H16FN3. The fourth-order valence-corrected chi connectivity index (χ4v) is 2.60. The van der Waals surface area contributed by atoms with E-state index in [9.17, 15) is 4.39 Å². The zero-order valence-electron chi connectivity index (χ0n) is 9.62. The summed E-state index contributed by atoms with van der Waals surface area (Å²) in [6.45, 7) is 0. The smallest absolute Gasteiger partial charge is 0.151 e. The van der Waals surface area contributed by atoms with E-state index in [1.54, 1.807) is 6.07 Å². The number of halogens is 1. The van der Waals surface area contributed by atoms with Gasteiger partial charge in [-0.1, -0.05) is 6.07 Å². The van der Waals surface area contributed by atoms with Crippen LogP contribution in [-0.2, 0) is 0 Å². The third kappa shape index (κ3) is 1.93. The van der Waals surface area contributed by atoms with E-state index in [0.717, 1.165) is 37.0 Å².